The third kappa shape index (κ3) is 3.49. The molecule has 0 unspecified atom stereocenters. The maximum absolute atomic E-state index is 15.2. The third-order valence-corrected chi connectivity index (χ3v) is 7.22. The van der Waals surface area contributed by atoms with Gasteiger partial charge in [0.05, 0.1) is 18.3 Å². The van der Waals surface area contributed by atoms with Crippen molar-refractivity contribution < 1.29 is 19.0 Å². The van der Waals surface area contributed by atoms with Gasteiger partial charge in [-0.1, -0.05) is 13.0 Å². The van der Waals surface area contributed by atoms with Crippen molar-refractivity contribution in [3.8, 4) is 39.9 Å². The van der Waals surface area contributed by atoms with Crippen LogP contribution in [0, 0.1) is 5.41 Å². The number of likely N-dealkylation sites (tertiary alicyclic amines) is 1. The Hall–Kier alpha value is -3.26. The van der Waals surface area contributed by atoms with Crippen molar-refractivity contribution in [1.82, 2.24) is 20.1 Å². The summed E-state index contributed by atoms with van der Waals surface area (Å²) in [6.45, 7) is 4.80. The Morgan fingerprint density at radius 2 is 1.85 bits per heavy atom. The van der Waals surface area contributed by atoms with Crippen molar-refractivity contribution in [1.29, 1.82) is 0 Å². The van der Waals surface area contributed by atoms with Crippen molar-refractivity contribution in [2.75, 3.05) is 20.7 Å². The van der Waals surface area contributed by atoms with Crippen LogP contribution in [-0.4, -0.2) is 63.7 Å². The number of piperidine rings is 1. The fraction of sp³-hybridized carbons (Fsp3) is 0.400. The molecule has 4 atom stereocenters. The van der Waals surface area contributed by atoms with E-state index in [2.05, 4.69) is 27.0 Å². The van der Waals surface area contributed by atoms with Crippen molar-refractivity contribution in [2.24, 2.45) is 5.41 Å². The zero-order valence-electron chi connectivity index (χ0n) is 19.1. The predicted octanol–water partition coefficient (Wildman–Crippen LogP) is 4.12. The molecular formula is C25H27FN4O3. The molecule has 2 fully saturated rings. The van der Waals surface area contributed by atoms with Crippen LogP contribution in [-0.2, 0) is 0 Å². The summed E-state index contributed by atoms with van der Waals surface area (Å²) in [6, 6.07) is 12.4. The van der Waals surface area contributed by atoms with E-state index in [0.29, 0.717) is 17.1 Å². The van der Waals surface area contributed by atoms with E-state index in [-0.39, 0.29) is 17.0 Å². The monoisotopic (exact) mass is 450 g/mol. The standard InChI is InChI=1S/C25H27FN4O3/c1-24-13-25(2,30(3)14-24)22(26)23(24)33-20-8-7-18(28-29-20)17-6-5-15(11-19(17)31)16-9-10-27-21(12-16)32-4/h5-12,22-23,31H,13-14H2,1-4H3/t22-,23-,24+,25+/m1/s1. The molecule has 172 valence electrons. The van der Waals surface area contributed by atoms with E-state index in [4.69, 9.17) is 9.47 Å². The number of rotatable bonds is 5. The first kappa shape index (κ1) is 21.6. The molecule has 7 nitrogen and oxygen atoms in total. The Labute approximate surface area is 192 Å². The van der Waals surface area contributed by atoms with Gasteiger partial charge in [0.1, 0.15) is 11.9 Å². The highest BCUT2D eigenvalue weighted by molar-refractivity contribution is 5.74. The molecule has 0 radical (unpaired) electrons. The molecule has 1 aliphatic carbocycles. The molecule has 1 saturated carbocycles. The van der Waals surface area contributed by atoms with Crippen LogP contribution in [0.25, 0.3) is 22.4 Å². The molecule has 2 bridgehead atoms. The van der Waals surface area contributed by atoms with Gasteiger partial charge in [-0.25, -0.2) is 9.37 Å². The Morgan fingerprint density at radius 1 is 1.06 bits per heavy atom. The minimum atomic E-state index is -1.11. The fourth-order valence-electron chi connectivity index (χ4n) is 5.40. The van der Waals surface area contributed by atoms with Gasteiger partial charge in [-0.3, -0.25) is 4.90 Å². The summed E-state index contributed by atoms with van der Waals surface area (Å²) in [4.78, 5) is 6.19. The molecule has 3 heterocycles. The lowest BCUT2D eigenvalue weighted by Gasteiger charge is -2.41. The first-order valence-corrected chi connectivity index (χ1v) is 10.9. The normalized spacial score (nSPS) is 28.8. The number of aromatic nitrogens is 3. The second-order valence-corrected chi connectivity index (χ2v) is 9.56. The highest BCUT2D eigenvalue weighted by Crippen LogP contribution is 2.55. The summed E-state index contributed by atoms with van der Waals surface area (Å²) in [7, 11) is 3.52. The number of hydrogen-bond donors (Lipinski definition) is 1. The molecular weight excluding hydrogens is 423 g/mol. The van der Waals surface area contributed by atoms with Gasteiger partial charge in [0, 0.05) is 35.9 Å². The van der Waals surface area contributed by atoms with Crippen LogP contribution in [0.4, 0.5) is 4.39 Å². The van der Waals surface area contributed by atoms with Gasteiger partial charge in [-0.2, -0.15) is 0 Å². The van der Waals surface area contributed by atoms with Crippen molar-refractivity contribution in [2.45, 2.75) is 38.1 Å². The highest BCUT2D eigenvalue weighted by atomic mass is 19.1. The molecule has 3 aromatic rings. The summed E-state index contributed by atoms with van der Waals surface area (Å²) in [5.41, 5.74) is 1.95. The number of aromatic hydroxyl groups is 1. The molecule has 2 aromatic heterocycles. The third-order valence-electron chi connectivity index (χ3n) is 7.22. The summed E-state index contributed by atoms with van der Waals surface area (Å²) in [5, 5.41) is 19.0. The average Bonchev–Trinajstić information content (AvgIpc) is 3.17. The van der Waals surface area contributed by atoms with E-state index in [0.717, 1.165) is 24.1 Å². The van der Waals surface area contributed by atoms with Crippen molar-refractivity contribution in [3.05, 3.63) is 48.7 Å². The van der Waals surface area contributed by atoms with Crippen molar-refractivity contribution in [3.63, 3.8) is 0 Å². The van der Waals surface area contributed by atoms with E-state index in [1.54, 1.807) is 43.6 Å². The van der Waals surface area contributed by atoms with Gasteiger partial charge in [-0.15, -0.1) is 10.2 Å². The minimum Gasteiger partial charge on any atom is -0.507 e. The summed E-state index contributed by atoms with van der Waals surface area (Å²) in [6.07, 6.45) is 0.729. The Morgan fingerprint density at radius 3 is 2.48 bits per heavy atom. The highest BCUT2D eigenvalue weighted by Gasteiger charge is 2.66. The number of phenolic OH excluding ortho intramolecular Hbond substituents is 1. The number of halogens is 1. The van der Waals surface area contributed by atoms with Crippen molar-refractivity contribution >= 4 is 0 Å². The number of pyridine rings is 1. The smallest absolute Gasteiger partial charge is 0.233 e. The van der Waals surface area contributed by atoms with Gasteiger partial charge < -0.3 is 14.6 Å². The SMILES string of the molecule is COc1cc(-c2ccc(-c3ccc(O[C@@H]4[C@@H](F)[C@]5(C)C[C@@]4(C)CN5C)nn3)c(O)c2)ccn1. The number of ether oxygens (including phenoxy) is 2. The number of alkyl halides is 1. The van der Waals surface area contributed by atoms with Crippen LogP contribution in [0.5, 0.6) is 17.5 Å². The predicted molar refractivity (Wildman–Crippen MR) is 122 cm³/mol. The van der Waals surface area contributed by atoms with Crippen LogP contribution in [0.15, 0.2) is 48.7 Å². The van der Waals surface area contributed by atoms with Gasteiger partial charge >= 0.3 is 0 Å². The largest absolute Gasteiger partial charge is 0.507 e. The van der Waals surface area contributed by atoms with Gasteiger partial charge in [0.15, 0.2) is 6.17 Å². The molecule has 5 rings (SSSR count). The fourth-order valence-corrected chi connectivity index (χ4v) is 5.40. The summed E-state index contributed by atoms with van der Waals surface area (Å²) >= 11 is 0. The molecule has 33 heavy (non-hydrogen) atoms. The maximum atomic E-state index is 15.2. The lowest BCUT2D eigenvalue weighted by Crippen LogP contribution is -2.56. The number of nitrogens with zero attached hydrogens (tertiary/aromatic N) is 4. The molecule has 8 heteroatoms. The lowest BCUT2D eigenvalue weighted by atomic mass is 9.87. The van der Waals surface area contributed by atoms with Crippen LogP contribution in [0.3, 0.4) is 0 Å². The van der Waals surface area contributed by atoms with E-state index >= 15 is 4.39 Å². The van der Waals surface area contributed by atoms with Gasteiger partial charge in [-0.05, 0) is 55.8 Å². The quantitative estimate of drug-likeness (QED) is 0.626. The number of benzene rings is 1. The Bertz CT molecular complexity index is 1190. The molecule has 1 N–H and O–H groups in total. The zero-order valence-corrected chi connectivity index (χ0v) is 19.1. The van der Waals surface area contributed by atoms with Crippen LogP contribution < -0.4 is 9.47 Å². The molecule has 2 aliphatic rings. The van der Waals surface area contributed by atoms with E-state index in [9.17, 15) is 5.11 Å². The molecule has 1 aliphatic heterocycles. The van der Waals surface area contributed by atoms with Crippen LogP contribution in [0.1, 0.15) is 20.3 Å². The van der Waals surface area contributed by atoms with E-state index in [1.165, 1.54) is 0 Å². The average molecular weight is 451 g/mol. The summed E-state index contributed by atoms with van der Waals surface area (Å²) in [5.74, 6) is 0.857. The van der Waals surface area contributed by atoms with Crippen LogP contribution >= 0.6 is 0 Å². The number of fused-ring (bicyclic) bond motifs is 2. The second kappa shape index (κ2) is 7.66. The summed E-state index contributed by atoms with van der Waals surface area (Å²) < 4.78 is 26.4. The van der Waals surface area contributed by atoms with Gasteiger partial charge in [0.2, 0.25) is 11.8 Å². The van der Waals surface area contributed by atoms with Gasteiger partial charge in [0.25, 0.3) is 0 Å². The lowest BCUT2D eigenvalue weighted by molar-refractivity contribution is -0.0407. The minimum absolute atomic E-state index is 0.0756. The number of phenols is 1. The first-order chi connectivity index (χ1) is 15.7. The Kier molecular flexibility index (Phi) is 5.01. The Balaban J connectivity index is 1.35. The van der Waals surface area contributed by atoms with E-state index < -0.39 is 17.8 Å². The molecule has 0 spiro atoms. The number of methoxy groups -OCH3 is 1. The topological polar surface area (TPSA) is 80.6 Å². The van der Waals surface area contributed by atoms with E-state index in [1.807, 2.05) is 26.1 Å². The molecule has 1 saturated heterocycles. The molecule has 1 aromatic carbocycles. The molecule has 0 amide bonds. The second-order valence-electron chi connectivity index (χ2n) is 9.56. The maximum Gasteiger partial charge on any atom is 0.233 e. The number of hydrogen-bond acceptors (Lipinski definition) is 7. The first-order valence-electron chi connectivity index (χ1n) is 10.9. The zero-order chi connectivity index (χ0) is 23.4. The van der Waals surface area contributed by atoms with Crippen LogP contribution in [0.2, 0.25) is 0 Å².